The zero-order valence-corrected chi connectivity index (χ0v) is 12.6. The van der Waals surface area contributed by atoms with Crippen LogP contribution in [0.15, 0.2) is 54.7 Å². The molecule has 5 nitrogen and oxygen atoms in total. The second-order valence-electron chi connectivity index (χ2n) is 4.77. The van der Waals surface area contributed by atoms with Crippen LogP contribution in [0.4, 0.5) is 5.69 Å². The van der Waals surface area contributed by atoms with Gasteiger partial charge in [-0.2, -0.15) is 0 Å². The fourth-order valence-corrected chi connectivity index (χ4v) is 2.21. The van der Waals surface area contributed by atoms with Crippen LogP contribution in [0.1, 0.15) is 0 Å². The molecular formula is C16H15ClN4O. The quantitative estimate of drug-likeness (QED) is 0.734. The van der Waals surface area contributed by atoms with Gasteiger partial charge < -0.3 is 10.5 Å². The Bertz CT molecular complexity index is 738. The number of anilines is 1. The number of ether oxygens (including phenoxy) is 1. The Morgan fingerprint density at radius 2 is 1.77 bits per heavy atom. The number of aromatic nitrogens is 3. The predicted molar refractivity (Wildman–Crippen MR) is 86.8 cm³/mol. The fraction of sp³-hybridized carbons (Fsp3) is 0.125. The molecule has 112 valence electrons. The molecule has 6 heteroatoms. The van der Waals surface area contributed by atoms with E-state index in [2.05, 4.69) is 10.3 Å². The van der Waals surface area contributed by atoms with E-state index in [1.807, 2.05) is 36.4 Å². The minimum absolute atomic E-state index is 0.493. The molecule has 0 amide bonds. The highest BCUT2D eigenvalue weighted by Gasteiger charge is 2.06. The molecule has 0 atom stereocenters. The molecule has 0 spiro atoms. The molecule has 1 heterocycles. The van der Waals surface area contributed by atoms with Crippen LogP contribution in [0.25, 0.3) is 11.3 Å². The molecule has 2 N–H and O–H groups in total. The van der Waals surface area contributed by atoms with Crippen LogP contribution < -0.4 is 10.5 Å². The van der Waals surface area contributed by atoms with Crippen LogP contribution in [0.2, 0.25) is 5.02 Å². The predicted octanol–water partition coefficient (Wildman–Crippen LogP) is 3.26. The molecule has 0 bridgehead atoms. The summed E-state index contributed by atoms with van der Waals surface area (Å²) in [6.45, 7) is 1.09. The van der Waals surface area contributed by atoms with Crippen LogP contribution in [-0.4, -0.2) is 21.6 Å². The van der Waals surface area contributed by atoms with Gasteiger partial charge in [-0.1, -0.05) is 28.9 Å². The molecule has 0 fully saturated rings. The largest absolute Gasteiger partial charge is 0.492 e. The molecule has 0 aliphatic carbocycles. The van der Waals surface area contributed by atoms with E-state index in [0.29, 0.717) is 18.2 Å². The Labute approximate surface area is 133 Å². The van der Waals surface area contributed by atoms with E-state index in [1.165, 1.54) is 0 Å². The third-order valence-electron chi connectivity index (χ3n) is 3.21. The molecule has 0 saturated heterocycles. The third kappa shape index (κ3) is 3.38. The lowest BCUT2D eigenvalue weighted by Gasteiger charge is -2.08. The van der Waals surface area contributed by atoms with Gasteiger partial charge in [-0.15, -0.1) is 5.10 Å². The van der Waals surface area contributed by atoms with Gasteiger partial charge in [0.25, 0.3) is 0 Å². The first-order valence-corrected chi connectivity index (χ1v) is 7.23. The van der Waals surface area contributed by atoms with E-state index in [1.54, 1.807) is 23.0 Å². The minimum Gasteiger partial charge on any atom is -0.492 e. The molecule has 2 aromatic carbocycles. The van der Waals surface area contributed by atoms with E-state index in [9.17, 15) is 0 Å². The fourth-order valence-electron chi connectivity index (χ4n) is 2.08. The summed E-state index contributed by atoms with van der Waals surface area (Å²) in [5.74, 6) is 0.776. The average Bonchev–Trinajstić information content (AvgIpc) is 2.98. The zero-order valence-electron chi connectivity index (χ0n) is 11.8. The number of hydrogen-bond donors (Lipinski definition) is 1. The standard InChI is InChI=1S/C16H15ClN4O/c17-13-3-7-15(8-4-13)22-10-9-21-16(11-19-20-21)12-1-5-14(18)6-2-12/h1-8,11H,9-10,18H2. The number of hydrogen-bond acceptors (Lipinski definition) is 4. The first-order chi connectivity index (χ1) is 10.7. The Morgan fingerprint density at radius 1 is 1.05 bits per heavy atom. The van der Waals surface area contributed by atoms with Crippen molar-refractivity contribution in [1.82, 2.24) is 15.0 Å². The van der Waals surface area contributed by atoms with Crippen molar-refractivity contribution in [3.63, 3.8) is 0 Å². The highest BCUT2D eigenvalue weighted by molar-refractivity contribution is 6.30. The van der Waals surface area contributed by atoms with Crippen LogP contribution in [0.3, 0.4) is 0 Å². The van der Waals surface area contributed by atoms with Crippen molar-refractivity contribution in [2.45, 2.75) is 6.54 Å². The highest BCUT2D eigenvalue weighted by atomic mass is 35.5. The number of halogens is 1. The molecule has 22 heavy (non-hydrogen) atoms. The van der Waals surface area contributed by atoms with E-state index >= 15 is 0 Å². The van der Waals surface area contributed by atoms with Crippen LogP contribution >= 0.6 is 11.6 Å². The Kier molecular flexibility index (Phi) is 4.25. The number of nitrogens with two attached hydrogens (primary N) is 1. The lowest BCUT2D eigenvalue weighted by molar-refractivity contribution is 0.290. The maximum absolute atomic E-state index is 5.84. The summed E-state index contributed by atoms with van der Waals surface area (Å²) in [6, 6.07) is 14.9. The van der Waals surface area contributed by atoms with Crippen LogP contribution in [-0.2, 0) is 6.54 Å². The van der Waals surface area contributed by atoms with E-state index in [4.69, 9.17) is 22.1 Å². The summed E-state index contributed by atoms with van der Waals surface area (Å²) in [7, 11) is 0. The van der Waals surface area contributed by atoms with Gasteiger partial charge in [0, 0.05) is 16.3 Å². The van der Waals surface area contributed by atoms with Gasteiger partial charge in [0.05, 0.1) is 18.4 Å². The topological polar surface area (TPSA) is 66.0 Å². The molecule has 0 aliphatic rings. The summed E-state index contributed by atoms with van der Waals surface area (Å²) >= 11 is 5.84. The first-order valence-electron chi connectivity index (χ1n) is 6.85. The molecule has 3 aromatic rings. The minimum atomic E-state index is 0.493. The summed E-state index contributed by atoms with van der Waals surface area (Å²) in [5, 5.41) is 8.75. The third-order valence-corrected chi connectivity index (χ3v) is 3.46. The zero-order chi connectivity index (χ0) is 15.4. The lowest BCUT2D eigenvalue weighted by Crippen LogP contribution is -2.10. The number of nitrogen functional groups attached to an aromatic ring is 1. The summed E-state index contributed by atoms with van der Waals surface area (Å²) in [5.41, 5.74) is 8.39. The van der Waals surface area contributed by atoms with Crippen molar-refractivity contribution in [3.05, 3.63) is 59.8 Å². The normalized spacial score (nSPS) is 10.6. The Hall–Kier alpha value is -2.53. The van der Waals surface area contributed by atoms with E-state index < -0.39 is 0 Å². The van der Waals surface area contributed by atoms with Crippen LogP contribution in [0.5, 0.6) is 5.75 Å². The average molecular weight is 315 g/mol. The molecule has 0 aliphatic heterocycles. The smallest absolute Gasteiger partial charge is 0.119 e. The monoisotopic (exact) mass is 314 g/mol. The SMILES string of the molecule is Nc1ccc(-c2cnnn2CCOc2ccc(Cl)cc2)cc1. The first kappa shape index (κ1) is 14.4. The Balaban J connectivity index is 1.65. The second kappa shape index (κ2) is 6.49. The molecule has 0 unspecified atom stereocenters. The number of benzene rings is 2. The summed E-state index contributed by atoms with van der Waals surface area (Å²) in [6.07, 6.45) is 1.73. The maximum Gasteiger partial charge on any atom is 0.119 e. The summed E-state index contributed by atoms with van der Waals surface area (Å²) < 4.78 is 7.48. The second-order valence-corrected chi connectivity index (χ2v) is 5.20. The van der Waals surface area contributed by atoms with Crippen molar-refractivity contribution in [1.29, 1.82) is 0 Å². The molecular weight excluding hydrogens is 300 g/mol. The number of nitrogens with zero attached hydrogens (tertiary/aromatic N) is 3. The lowest BCUT2D eigenvalue weighted by atomic mass is 10.1. The Morgan fingerprint density at radius 3 is 2.50 bits per heavy atom. The van der Waals surface area contributed by atoms with Gasteiger partial charge >= 0.3 is 0 Å². The van der Waals surface area contributed by atoms with Gasteiger partial charge in [0.2, 0.25) is 0 Å². The van der Waals surface area contributed by atoms with Crippen molar-refractivity contribution in [2.24, 2.45) is 0 Å². The molecule has 0 saturated carbocycles. The van der Waals surface area contributed by atoms with Gasteiger partial charge in [-0.3, -0.25) is 0 Å². The van der Waals surface area contributed by atoms with Gasteiger partial charge in [0.15, 0.2) is 0 Å². The van der Waals surface area contributed by atoms with Gasteiger partial charge in [0.1, 0.15) is 12.4 Å². The van der Waals surface area contributed by atoms with E-state index in [0.717, 1.165) is 22.7 Å². The highest BCUT2D eigenvalue weighted by Crippen LogP contribution is 2.19. The summed E-state index contributed by atoms with van der Waals surface area (Å²) in [4.78, 5) is 0. The van der Waals surface area contributed by atoms with Crippen molar-refractivity contribution in [3.8, 4) is 17.0 Å². The van der Waals surface area contributed by atoms with Crippen LogP contribution in [0, 0.1) is 0 Å². The molecule has 3 rings (SSSR count). The molecule has 0 radical (unpaired) electrons. The van der Waals surface area contributed by atoms with Crippen molar-refractivity contribution < 1.29 is 4.74 Å². The molecule has 1 aromatic heterocycles. The van der Waals surface area contributed by atoms with Crippen molar-refractivity contribution >= 4 is 17.3 Å². The van der Waals surface area contributed by atoms with Gasteiger partial charge in [-0.05, 0) is 36.4 Å². The number of rotatable bonds is 5. The van der Waals surface area contributed by atoms with Crippen molar-refractivity contribution in [2.75, 3.05) is 12.3 Å². The van der Waals surface area contributed by atoms with Gasteiger partial charge in [-0.25, -0.2) is 4.68 Å². The maximum atomic E-state index is 5.84. The van der Waals surface area contributed by atoms with E-state index in [-0.39, 0.29) is 0 Å².